The first-order valence-corrected chi connectivity index (χ1v) is 5.18. The third-order valence-electron chi connectivity index (χ3n) is 2.34. The molecule has 0 unspecified atom stereocenters. The first kappa shape index (κ1) is 12.0. The average molecular weight is 248 g/mol. The van der Waals surface area contributed by atoms with Crippen LogP contribution in [0.5, 0.6) is 0 Å². The molecule has 3 N–H and O–H groups in total. The molecule has 0 fully saturated rings. The molecule has 2 rings (SSSR count). The van der Waals surface area contributed by atoms with Gasteiger partial charge in [0.1, 0.15) is 11.6 Å². The van der Waals surface area contributed by atoms with Crippen molar-refractivity contribution in [3.8, 4) is 0 Å². The van der Waals surface area contributed by atoms with Crippen LogP contribution in [0.4, 0.5) is 20.2 Å². The molecule has 0 saturated heterocycles. The number of benzene rings is 2. The second-order valence-corrected chi connectivity index (χ2v) is 3.70. The Hall–Kier alpha value is -2.43. The Morgan fingerprint density at radius 1 is 1.06 bits per heavy atom. The van der Waals surface area contributed by atoms with Gasteiger partial charge in [-0.2, -0.15) is 0 Å². The quantitative estimate of drug-likeness (QED) is 0.803. The normalized spacial score (nSPS) is 10.1. The predicted molar refractivity (Wildman–Crippen MR) is 65.2 cm³/mol. The number of anilines is 2. The lowest BCUT2D eigenvalue weighted by atomic mass is 10.2. The molecule has 0 bridgehead atoms. The van der Waals surface area contributed by atoms with Gasteiger partial charge in [0.05, 0.1) is 5.56 Å². The number of hydrogen-bond acceptors (Lipinski definition) is 2. The van der Waals surface area contributed by atoms with Crippen LogP contribution in [0.1, 0.15) is 10.4 Å². The largest absolute Gasteiger partial charge is 0.399 e. The van der Waals surface area contributed by atoms with Crippen molar-refractivity contribution in [1.29, 1.82) is 0 Å². The topological polar surface area (TPSA) is 55.1 Å². The Balaban J connectivity index is 2.21. The maximum absolute atomic E-state index is 13.3. The zero-order valence-electron chi connectivity index (χ0n) is 9.28. The number of hydrogen-bond donors (Lipinski definition) is 2. The van der Waals surface area contributed by atoms with Gasteiger partial charge in [0, 0.05) is 11.4 Å². The third-order valence-corrected chi connectivity index (χ3v) is 2.34. The summed E-state index contributed by atoms with van der Waals surface area (Å²) in [4.78, 5) is 11.7. The molecule has 92 valence electrons. The molecule has 2 aromatic rings. The Bertz CT molecular complexity index is 582. The van der Waals surface area contributed by atoms with Gasteiger partial charge >= 0.3 is 0 Å². The van der Waals surface area contributed by atoms with E-state index in [2.05, 4.69) is 5.32 Å². The molecule has 0 aliphatic carbocycles. The Morgan fingerprint density at radius 2 is 1.72 bits per heavy atom. The van der Waals surface area contributed by atoms with Gasteiger partial charge in [-0.1, -0.05) is 0 Å². The van der Waals surface area contributed by atoms with E-state index >= 15 is 0 Å². The lowest BCUT2D eigenvalue weighted by Crippen LogP contribution is -2.14. The number of halogens is 2. The van der Waals surface area contributed by atoms with Crippen LogP contribution in [0.3, 0.4) is 0 Å². The summed E-state index contributed by atoms with van der Waals surface area (Å²) in [5.41, 5.74) is 6.15. The highest BCUT2D eigenvalue weighted by molar-refractivity contribution is 6.04. The maximum Gasteiger partial charge on any atom is 0.258 e. The van der Waals surface area contributed by atoms with Gasteiger partial charge in [-0.25, -0.2) is 8.78 Å². The highest BCUT2D eigenvalue weighted by Gasteiger charge is 2.12. The molecule has 5 heteroatoms. The Kier molecular flexibility index (Phi) is 3.23. The van der Waals surface area contributed by atoms with E-state index in [9.17, 15) is 13.6 Å². The van der Waals surface area contributed by atoms with E-state index in [0.29, 0.717) is 11.4 Å². The third kappa shape index (κ3) is 2.63. The highest BCUT2D eigenvalue weighted by Crippen LogP contribution is 2.14. The minimum Gasteiger partial charge on any atom is -0.399 e. The van der Waals surface area contributed by atoms with Crippen LogP contribution >= 0.6 is 0 Å². The number of carbonyl (C=O) groups excluding carboxylic acids is 1. The Labute approximate surface area is 102 Å². The number of amides is 1. The number of carbonyl (C=O) groups is 1. The second kappa shape index (κ2) is 4.83. The fourth-order valence-corrected chi connectivity index (χ4v) is 1.44. The van der Waals surface area contributed by atoms with Crippen molar-refractivity contribution >= 4 is 17.3 Å². The van der Waals surface area contributed by atoms with E-state index < -0.39 is 17.5 Å². The van der Waals surface area contributed by atoms with Crippen LogP contribution in [0.15, 0.2) is 42.5 Å². The summed E-state index contributed by atoms with van der Waals surface area (Å²) in [7, 11) is 0. The molecule has 0 spiro atoms. The summed E-state index contributed by atoms with van der Waals surface area (Å²) in [5, 5.41) is 2.45. The monoisotopic (exact) mass is 248 g/mol. The summed E-state index contributed by atoms with van der Waals surface area (Å²) >= 11 is 0. The summed E-state index contributed by atoms with van der Waals surface area (Å²) in [6.07, 6.45) is 0. The molecule has 3 nitrogen and oxygen atoms in total. The summed E-state index contributed by atoms with van der Waals surface area (Å²) < 4.78 is 26.3. The number of nitrogen functional groups attached to an aromatic ring is 1. The van der Waals surface area contributed by atoms with Crippen LogP contribution in [-0.2, 0) is 0 Å². The lowest BCUT2D eigenvalue weighted by Gasteiger charge is -2.06. The van der Waals surface area contributed by atoms with E-state index in [4.69, 9.17) is 5.73 Å². The van der Waals surface area contributed by atoms with E-state index in [1.807, 2.05) is 0 Å². The summed E-state index contributed by atoms with van der Waals surface area (Å²) in [6.45, 7) is 0. The van der Waals surface area contributed by atoms with Crippen molar-refractivity contribution < 1.29 is 13.6 Å². The minimum absolute atomic E-state index is 0.341. The zero-order valence-corrected chi connectivity index (χ0v) is 9.28. The fourth-order valence-electron chi connectivity index (χ4n) is 1.44. The number of rotatable bonds is 2. The van der Waals surface area contributed by atoms with Crippen LogP contribution in [0.2, 0.25) is 0 Å². The van der Waals surface area contributed by atoms with E-state index in [1.165, 1.54) is 0 Å². The predicted octanol–water partition coefficient (Wildman–Crippen LogP) is 2.80. The zero-order chi connectivity index (χ0) is 13.1. The standard InChI is InChI=1S/C13H10F2N2O/c14-8-1-6-12(15)11(7-8)13(18)17-10-4-2-9(16)3-5-10/h1-7H,16H2,(H,17,18). The highest BCUT2D eigenvalue weighted by atomic mass is 19.1. The van der Waals surface area contributed by atoms with Crippen LogP contribution in [0, 0.1) is 11.6 Å². The number of nitrogens with one attached hydrogen (secondary N) is 1. The molecule has 0 radical (unpaired) electrons. The molecule has 0 aromatic heterocycles. The van der Waals surface area contributed by atoms with Gasteiger partial charge in [0.25, 0.3) is 5.91 Å². The average Bonchev–Trinajstić information content (AvgIpc) is 2.35. The smallest absolute Gasteiger partial charge is 0.258 e. The van der Waals surface area contributed by atoms with E-state index in [-0.39, 0.29) is 5.56 Å². The SMILES string of the molecule is Nc1ccc(NC(=O)c2cc(F)ccc2F)cc1. The molecule has 0 aliphatic rings. The first-order valence-electron chi connectivity index (χ1n) is 5.18. The molecule has 1 amide bonds. The van der Waals surface area contributed by atoms with Crippen molar-refractivity contribution in [1.82, 2.24) is 0 Å². The van der Waals surface area contributed by atoms with Gasteiger partial charge < -0.3 is 11.1 Å². The summed E-state index contributed by atoms with van der Waals surface area (Å²) in [5.74, 6) is -2.15. The van der Waals surface area contributed by atoms with Crippen molar-refractivity contribution in [2.75, 3.05) is 11.1 Å². The van der Waals surface area contributed by atoms with Gasteiger partial charge in [-0.05, 0) is 42.5 Å². The van der Waals surface area contributed by atoms with Crippen LogP contribution in [-0.4, -0.2) is 5.91 Å². The molecule has 18 heavy (non-hydrogen) atoms. The van der Waals surface area contributed by atoms with Crippen LogP contribution in [0.25, 0.3) is 0 Å². The van der Waals surface area contributed by atoms with Gasteiger partial charge in [-0.15, -0.1) is 0 Å². The van der Waals surface area contributed by atoms with Gasteiger partial charge in [0.2, 0.25) is 0 Å². The van der Waals surface area contributed by atoms with Crippen molar-refractivity contribution in [3.05, 3.63) is 59.7 Å². The van der Waals surface area contributed by atoms with E-state index in [1.54, 1.807) is 24.3 Å². The van der Waals surface area contributed by atoms with Gasteiger partial charge in [-0.3, -0.25) is 4.79 Å². The molecular weight excluding hydrogens is 238 g/mol. The second-order valence-electron chi connectivity index (χ2n) is 3.70. The molecular formula is C13H10F2N2O. The minimum atomic E-state index is -0.774. The molecule has 0 heterocycles. The number of nitrogens with two attached hydrogens (primary N) is 1. The maximum atomic E-state index is 13.3. The first-order chi connectivity index (χ1) is 8.56. The fraction of sp³-hybridized carbons (Fsp3) is 0. The molecule has 0 saturated carbocycles. The van der Waals surface area contributed by atoms with E-state index in [0.717, 1.165) is 18.2 Å². The van der Waals surface area contributed by atoms with Crippen molar-refractivity contribution in [2.45, 2.75) is 0 Å². The Morgan fingerprint density at radius 3 is 2.39 bits per heavy atom. The van der Waals surface area contributed by atoms with Crippen molar-refractivity contribution in [2.24, 2.45) is 0 Å². The molecule has 2 aromatic carbocycles. The van der Waals surface area contributed by atoms with Crippen LogP contribution < -0.4 is 11.1 Å². The lowest BCUT2D eigenvalue weighted by molar-refractivity contribution is 0.102. The molecule has 0 aliphatic heterocycles. The summed E-state index contributed by atoms with van der Waals surface area (Å²) in [6, 6.07) is 9.05. The van der Waals surface area contributed by atoms with Gasteiger partial charge in [0.15, 0.2) is 0 Å². The van der Waals surface area contributed by atoms with Crippen molar-refractivity contribution in [3.63, 3.8) is 0 Å². The molecule has 0 atom stereocenters.